The standard InChI is InChI=1S/C17H10F3N5O/c18-17(19,20)16-24-15(25-26-16)12-6-11-5-9(1-3-13(11)22-8-12)10-2-4-14(21)23-7-10/h1-8H,(H2,21,23). The van der Waals surface area contributed by atoms with Gasteiger partial charge in [-0.05, 0) is 35.9 Å². The number of nitrogens with two attached hydrogens (primary N) is 1. The average molecular weight is 357 g/mol. The van der Waals surface area contributed by atoms with Crippen LogP contribution < -0.4 is 5.73 Å². The number of hydrogen-bond acceptors (Lipinski definition) is 6. The van der Waals surface area contributed by atoms with Crippen LogP contribution in [0.3, 0.4) is 0 Å². The Morgan fingerprint density at radius 1 is 0.885 bits per heavy atom. The molecule has 0 amide bonds. The Balaban J connectivity index is 1.76. The molecule has 3 heterocycles. The maximum atomic E-state index is 12.6. The van der Waals surface area contributed by atoms with Crippen LogP contribution in [0.5, 0.6) is 0 Å². The number of rotatable bonds is 2. The van der Waals surface area contributed by atoms with Crippen LogP contribution in [-0.2, 0) is 6.18 Å². The van der Waals surface area contributed by atoms with E-state index < -0.39 is 12.1 Å². The summed E-state index contributed by atoms with van der Waals surface area (Å²) >= 11 is 0. The van der Waals surface area contributed by atoms with E-state index >= 15 is 0 Å². The Morgan fingerprint density at radius 2 is 1.62 bits per heavy atom. The number of aromatic nitrogens is 4. The summed E-state index contributed by atoms with van der Waals surface area (Å²) in [5, 5.41) is 4.10. The SMILES string of the molecule is Nc1ccc(-c2ccc3ncc(-c4noc(C(F)(F)F)n4)cc3c2)cn1. The van der Waals surface area contributed by atoms with Crippen molar-refractivity contribution < 1.29 is 17.7 Å². The molecule has 4 aromatic rings. The monoisotopic (exact) mass is 357 g/mol. The van der Waals surface area contributed by atoms with Gasteiger partial charge in [-0.2, -0.15) is 18.2 Å². The fraction of sp³-hybridized carbons (Fsp3) is 0.0588. The summed E-state index contributed by atoms with van der Waals surface area (Å²) in [4.78, 5) is 11.7. The molecule has 4 rings (SSSR count). The summed E-state index contributed by atoms with van der Waals surface area (Å²) in [5.74, 6) is -1.16. The zero-order chi connectivity index (χ0) is 18.3. The zero-order valence-electron chi connectivity index (χ0n) is 13.0. The van der Waals surface area contributed by atoms with E-state index in [1.807, 2.05) is 24.3 Å². The second kappa shape index (κ2) is 5.80. The normalized spacial score (nSPS) is 11.8. The molecule has 0 bridgehead atoms. The summed E-state index contributed by atoms with van der Waals surface area (Å²) < 4.78 is 42.1. The van der Waals surface area contributed by atoms with Gasteiger partial charge < -0.3 is 10.3 Å². The summed E-state index contributed by atoms with van der Waals surface area (Å²) in [5.41, 5.74) is 8.31. The summed E-state index contributed by atoms with van der Waals surface area (Å²) in [6, 6.07) is 10.7. The highest BCUT2D eigenvalue weighted by Crippen LogP contribution is 2.30. The van der Waals surface area contributed by atoms with Crippen LogP contribution >= 0.6 is 0 Å². The number of alkyl halides is 3. The molecule has 26 heavy (non-hydrogen) atoms. The second-order valence-electron chi connectivity index (χ2n) is 5.52. The van der Waals surface area contributed by atoms with E-state index in [1.54, 1.807) is 18.3 Å². The summed E-state index contributed by atoms with van der Waals surface area (Å²) in [6.45, 7) is 0. The van der Waals surface area contributed by atoms with Gasteiger partial charge in [-0.3, -0.25) is 4.98 Å². The molecule has 0 fully saturated rings. The van der Waals surface area contributed by atoms with Crippen molar-refractivity contribution in [2.24, 2.45) is 0 Å². The van der Waals surface area contributed by atoms with Crippen molar-refractivity contribution in [1.82, 2.24) is 20.1 Å². The number of nitrogens with zero attached hydrogens (tertiary/aromatic N) is 4. The van der Waals surface area contributed by atoms with Crippen LogP contribution in [0.25, 0.3) is 33.4 Å². The molecular formula is C17H10F3N5O. The number of halogens is 3. The van der Waals surface area contributed by atoms with Gasteiger partial charge >= 0.3 is 12.1 Å². The number of fused-ring (bicyclic) bond motifs is 1. The topological polar surface area (TPSA) is 90.7 Å². The van der Waals surface area contributed by atoms with Gasteiger partial charge in [0, 0.05) is 28.9 Å². The second-order valence-corrected chi connectivity index (χ2v) is 5.52. The van der Waals surface area contributed by atoms with Crippen LogP contribution in [0.2, 0.25) is 0 Å². The highest BCUT2D eigenvalue weighted by Gasteiger charge is 2.38. The minimum Gasteiger partial charge on any atom is -0.384 e. The van der Waals surface area contributed by atoms with Crippen LogP contribution in [0.4, 0.5) is 19.0 Å². The summed E-state index contributed by atoms with van der Waals surface area (Å²) in [6.07, 6.45) is -1.65. The summed E-state index contributed by atoms with van der Waals surface area (Å²) in [7, 11) is 0. The Morgan fingerprint density at radius 3 is 2.31 bits per heavy atom. The third-order valence-electron chi connectivity index (χ3n) is 3.73. The lowest BCUT2D eigenvalue weighted by Gasteiger charge is -2.05. The molecule has 0 saturated carbocycles. The van der Waals surface area contributed by atoms with E-state index in [2.05, 4.69) is 24.6 Å². The number of benzene rings is 1. The first-order valence-electron chi connectivity index (χ1n) is 7.43. The maximum Gasteiger partial charge on any atom is 0.471 e. The van der Waals surface area contributed by atoms with Gasteiger partial charge in [-0.1, -0.05) is 11.2 Å². The predicted molar refractivity (Wildman–Crippen MR) is 87.7 cm³/mol. The highest BCUT2D eigenvalue weighted by atomic mass is 19.4. The van der Waals surface area contributed by atoms with Gasteiger partial charge in [0.1, 0.15) is 5.82 Å². The van der Waals surface area contributed by atoms with Gasteiger partial charge in [-0.25, -0.2) is 4.98 Å². The van der Waals surface area contributed by atoms with Crippen LogP contribution in [0.1, 0.15) is 5.89 Å². The molecule has 9 heteroatoms. The van der Waals surface area contributed by atoms with Gasteiger partial charge in [0.05, 0.1) is 5.52 Å². The minimum absolute atomic E-state index is 0.175. The van der Waals surface area contributed by atoms with Gasteiger partial charge in [0.2, 0.25) is 5.82 Å². The number of nitrogen functional groups attached to an aromatic ring is 1. The molecule has 0 aliphatic rings. The average Bonchev–Trinajstić information content (AvgIpc) is 3.12. The molecular weight excluding hydrogens is 347 g/mol. The molecule has 0 unspecified atom stereocenters. The van der Waals surface area contributed by atoms with E-state index in [0.717, 1.165) is 16.5 Å². The lowest BCUT2D eigenvalue weighted by molar-refractivity contribution is -0.159. The molecule has 1 aromatic carbocycles. The molecule has 0 spiro atoms. The smallest absolute Gasteiger partial charge is 0.384 e. The third-order valence-corrected chi connectivity index (χ3v) is 3.73. The van der Waals surface area contributed by atoms with E-state index in [1.165, 1.54) is 6.20 Å². The Bertz CT molecular complexity index is 1090. The van der Waals surface area contributed by atoms with E-state index in [9.17, 15) is 13.2 Å². The molecule has 130 valence electrons. The van der Waals surface area contributed by atoms with E-state index in [0.29, 0.717) is 16.9 Å². The van der Waals surface area contributed by atoms with Crippen molar-refractivity contribution >= 4 is 16.7 Å². The van der Waals surface area contributed by atoms with E-state index in [4.69, 9.17) is 5.73 Å². The van der Waals surface area contributed by atoms with Gasteiger partial charge in [-0.15, -0.1) is 0 Å². The first kappa shape index (κ1) is 16.0. The van der Waals surface area contributed by atoms with Crippen LogP contribution in [0, 0.1) is 0 Å². The molecule has 6 nitrogen and oxygen atoms in total. The largest absolute Gasteiger partial charge is 0.471 e. The van der Waals surface area contributed by atoms with Crippen molar-refractivity contribution in [3.8, 4) is 22.5 Å². The predicted octanol–water partition coefficient (Wildman–Crippen LogP) is 3.95. The molecule has 0 aliphatic carbocycles. The Labute approximate surface area is 144 Å². The Kier molecular flexibility index (Phi) is 3.57. The lowest BCUT2D eigenvalue weighted by Crippen LogP contribution is -2.04. The van der Waals surface area contributed by atoms with Crippen molar-refractivity contribution in [2.45, 2.75) is 6.18 Å². The minimum atomic E-state index is -4.69. The quantitative estimate of drug-likeness (QED) is 0.584. The maximum absolute atomic E-state index is 12.6. The fourth-order valence-corrected chi connectivity index (χ4v) is 2.47. The molecule has 0 saturated heterocycles. The molecule has 3 aromatic heterocycles. The molecule has 0 atom stereocenters. The molecule has 0 aliphatic heterocycles. The highest BCUT2D eigenvalue weighted by molar-refractivity contribution is 5.87. The number of pyridine rings is 2. The van der Waals surface area contributed by atoms with Gasteiger partial charge in [0.25, 0.3) is 0 Å². The zero-order valence-corrected chi connectivity index (χ0v) is 13.0. The van der Waals surface area contributed by atoms with Crippen molar-refractivity contribution in [3.63, 3.8) is 0 Å². The lowest BCUT2D eigenvalue weighted by atomic mass is 10.0. The van der Waals surface area contributed by atoms with Crippen molar-refractivity contribution in [3.05, 3.63) is 54.7 Å². The van der Waals surface area contributed by atoms with Crippen LogP contribution in [0.15, 0.2) is 53.3 Å². The van der Waals surface area contributed by atoms with Crippen LogP contribution in [-0.4, -0.2) is 20.1 Å². The molecule has 0 radical (unpaired) electrons. The third kappa shape index (κ3) is 2.94. The first-order chi connectivity index (χ1) is 12.4. The van der Waals surface area contributed by atoms with E-state index in [-0.39, 0.29) is 5.82 Å². The number of hydrogen-bond donors (Lipinski definition) is 1. The van der Waals surface area contributed by atoms with Gasteiger partial charge in [0.15, 0.2) is 0 Å². The number of anilines is 1. The fourth-order valence-electron chi connectivity index (χ4n) is 2.47. The first-order valence-corrected chi connectivity index (χ1v) is 7.43. The Hall–Kier alpha value is -3.49. The van der Waals surface area contributed by atoms with Crippen molar-refractivity contribution in [1.29, 1.82) is 0 Å². The molecule has 2 N–H and O–H groups in total. The van der Waals surface area contributed by atoms with Crippen molar-refractivity contribution in [2.75, 3.05) is 5.73 Å².